The Kier molecular flexibility index (Phi) is 4.71. The van der Waals surface area contributed by atoms with E-state index < -0.39 is 0 Å². The molecule has 24 heavy (non-hydrogen) atoms. The fraction of sp³-hybridized carbons (Fsp3) is 0.368. The lowest BCUT2D eigenvalue weighted by Gasteiger charge is -2.17. The summed E-state index contributed by atoms with van der Waals surface area (Å²) in [5, 5.41) is 4.20. The molecule has 0 saturated heterocycles. The second-order valence-corrected chi connectivity index (χ2v) is 7.69. The molecule has 1 amide bonds. The number of aryl methyl sites for hydroxylation is 1. The zero-order valence-electron chi connectivity index (χ0n) is 14.5. The Balaban J connectivity index is 1.82. The minimum Gasteiger partial charge on any atom is -0.488 e. The van der Waals surface area contributed by atoms with E-state index in [2.05, 4.69) is 37.4 Å². The van der Waals surface area contributed by atoms with Crippen LogP contribution in [0.5, 0.6) is 5.75 Å². The molecule has 5 heteroatoms. The third kappa shape index (κ3) is 3.51. The Morgan fingerprint density at radius 1 is 1.38 bits per heavy atom. The van der Waals surface area contributed by atoms with Crippen LogP contribution in [-0.2, 0) is 6.61 Å². The number of thiophene rings is 1. The molecule has 0 spiro atoms. The minimum atomic E-state index is -0.160. The van der Waals surface area contributed by atoms with Crippen LogP contribution in [0.2, 0.25) is 0 Å². The molecule has 1 aromatic heterocycles. The molecule has 1 aliphatic heterocycles. The maximum Gasteiger partial charge on any atom is 0.281 e. The molecule has 0 saturated carbocycles. The van der Waals surface area contributed by atoms with E-state index in [1.807, 2.05) is 25.1 Å². The zero-order chi connectivity index (χ0) is 17.3. The summed E-state index contributed by atoms with van der Waals surface area (Å²) in [5.41, 5.74) is 6.91. The standard InChI is InChI=1S/C19H22N2O2S/c1-11(2)7-13(4)20-21-19(22)17-9-14-10-23-16-6-5-12(3)8-15(16)18(14)24-17/h5-6,8-9,11H,7,10H2,1-4H3,(H,21,22)/b20-13+. The zero-order valence-corrected chi connectivity index (χ0v) is 15.3. The Hall–Kier alpha value is -2.14. The molecule has 0 aliphatic carbocycles. The average molecular weight is 342 g/mol. The third-order valence-electron chi connectivity index (χ3n) is 3.85. The highest BCUT2D eigenvalue weighted by atomic mass is 32.1. The molecule has 4 nitrogen and oxygen atoms in total. The molecule has 126 valence electrons. The van der Waals surface area contributed by atoms with Gasteiger partial charge >= 0.3 is 0 Å². The molecule has 1 aliphatic rings. The van der Waals surface area contributed by atoms with Gasteiger partial charge in [0.05, 0.1) is 4.88 Å². The van der Waals surface area contributed by atoms with E-state index in [9.17, 15) is 4.79 Å². The molecule has 0 radical (unpaired) electrons. The fourth-order valence-corrected chi connectivity index (χ4v) is 3.89. The first-order valence-electron chi connectivity index (χ1n) is 8.14. The van der Waals surface area contributed by atoms with Gasteiger partial charge in [-0.25, -0.2) is 5.43 Å². The molecule has 1 aromatic carbocycles. The van der Waals surface area contributed by atoms with Crippen LogP contribution in [0, 0.1) is 12.8 Å². The van der Waals surface area contributed by atoms with Gasteiger partial charge in [0.15, 0.2) is 0 Å². The van der Waals surface area contributed by atoms with E-state index in [1.165, 1.54) is 16.9 Å². The first-order valence-corrected chi connectivity index (χ1v) is 8.95. The van der Waals surface area contributed by atoms with Gasteiger partial charge in [-0.1, -0.05) is 25.5 Å². The van der Waals surface area contributed by atoms with Crippen molar-refractivity contribution in [3.63, 3.8) is 0 Å². The van der Waals surface area contributed by atoms with Gasteiger partial charge in [0.2, 0.25) is 0 Å². The predicted octanol–water partition coefficient (Wildman–Crippen LogP) is 4.77. The van der Waals surface area contributed by atoms with Crippen molar-refractivity contribution in [2.75, 3.05) is 0 Å². The van der Waals surface area contributed by atoms with Gasteiger partial charge < -0.3 is 4.74 Å². The van der Waals surface area contributed by atoms with Gasteiger partial charge in [0.25, 0.3) is 5.91 Å². The van der Waals surface area contributed by atoms with Crippen molar-refractivity contribution in [2.24, 2.45) is 11.0 Å². The average Bonchev–Trinajstić information content (AvgIpc) is 2.96. The summed E-state index contributed by atoms with van der Waals surface area (Å²) in [5.74, 6) is 1.25. The van der Waals surface area contributed by atoms with Crippen LogP contribution in [0.4, 0.5) is 0 Å². The predicted molar refractivity (Wildman–Crippen MR) is 98.9 cm³/mol. The van der Waals surface area contributed by atoms with Gasteiger partial charge in [-0.3, -0.25) is 4.79 Å². The molecule has 2 heterocycles. The Morgan fingerprint density at radius 3 is 2.92 bits per heavy atom. The number of fused-ring (bicyclic) bond motifs is 3. The summed E-state index contributed by atoms with van der Waals surface area (Å²) < 4.78 is 5.79. The molecule has 3 rings (SSSR count). The second-order valence-electron chi connectivity index (χ2n) is 6.64. The molecule has 0 unspecified atom stereocenters. The van der Waals surface area contributed by atoms with Crippen LogP contribution < -0.4 is 10.2 Å². The van der Waals surface area contributed by atoms with Gasteiger partial charge in [0, 0.05) is 21.7 Å². The number of rotatable bonds is 4. The molecule has 1 N–H and O–H groups in total. The fourth-order valence-electron chi connectivity index (χ4n) is 2.82. The van der Waals surface area contributed by atoms with Crippen LogP contribution in [0.1, 0.15) is 48.0 Å². The van der Waals surface area contributed by atoms with E-state index in [4.69, 9.17) is 4.74 Å². The number of carbonyl (C=O) groups excluding carboxylic acids is 1. The molecule has 0 fully saturated rings. The SMILES string of the molecule is C/C(CC(C)C)=N\NC(=O)c1cc2c(s1)-c1cc(C)ccc1OC2. The lowest BCUT2D eigenvalue weighted by atomic mass is 10.0. The van der Waals surface area contributed by atoms with E-state index >= 15 is 0 Å². The maximum atomic E-state index is 12.4. The number of hydrogen-bond donors (Lipinski definition) is 1. The van der Waals surface area contributed by atoms with Crippen LogP contribution in [0.15, 0.2) is 29.4 Å². The number of hydrogen-bond acceptors (Lipinski definition) is 4. The van der Waals surface area contributed by atoms with Crippen LogP contribution >= 0.6 is 11.3 Å². The number of ether oxygens (including phenoxy) is 1. The number of nitrogens with one attached hydrogen (secondary N) is 1. The van der Waals surface area contributed by atoms with Gasteiger partial charge in [-0.05, 0) is 44.4 Å². The van der Waals surface area contributed by atoms with E-state index in [0.29, 0.717) is 17.4 Å². The van der Waals surface area contributed by atoms with Crippen molar-refractivity contribution in [2.45, 2.75) is 40.7 Å². The third-order valence-corrected chi connectivity index (χ3v) is 5.06. The van der Waals surface area contributed by atoms with E-state index in [0.717, 1.165) is 33.9 Å². The molecule has 0 bridgehead atoms. The monoisotopic (exact) mass is 342 g/mol. The largest absolute Gasteiger partial charge is 0.488 e. The second kappa shape index (κ2) is 6.77. The smallest absolute Gasteiger partial charge is 0.281 e. The molecular weight excluding hydrogens is 320 g/mol. The number of hydrazone groups is 1. The van der Waals surface area contributed by atoms with Crippen LogP contribution in [0.3, 0.4) is 0 Å². The number of benzene rings is 1. The summed E-state index contributed by atoms with van der Waals surface area (Å²) in [7, 11) is 0. The molecule has 2 aromatic rings. The van der Waals surface area contributed by atoms with Crippen LogP contribution in [-0.4, -0.2) is 11.6 Å². The summed E-state index contributed by atoms with van der Waals surface area (Å²) >= 11 is 1.50. The summed E-state index contributed by atoms with van der Waals surface area (Å²) in [6.45, 7) is 8.76. The topological polar surface area (TPSA) is 50.7 Å². The Labute approximate surface area is 146 Å². The summed E-state index contributed by atoms with van der Waals surface area (Å²) in [4.78, 5) is 14.2. The van der Waals surface area contributed by atoms with Crippen molar-refractivity contribution in [1.82, 2.24) is 5.43 Å². The van der Waals surface area contributed by atoms with Gasteiger partial charge in [-0.2, -0.15) is 5.10 Å². The van der Waals surface area contributed by atoms with Crippen molar-refractivity contribution in [1.29, 1.82) is 0 Å². The number of carbonyl (C=O) groups is 1. The quantitative estimate of drug-likeness (QED) is 0.643. The van der Waals surface area contributed by atoms with Gasteiger partial charge in [-0.15, -0.1) is 11.3 Å². The highest BCUT2D eigenvalue weighted by Gasteiger charge is 2.22. The lowest BCUT2D eigenvalue weighted by Crippen LogP contribution is -2.18. The van der Waals surface area contributed by atoms with E-state index in [-0.39, 0.29) is 5.91 Å². The highest BCUT2D eigenvalue weighted by Crippen LogP contribution is 2.42. The summed E-state index contributed by atoms with van der Waals surface area (Å²) in [6, 6.07) is 8.05. The number of nitrogens with zero attached hydrogens (tertiary/aromatic N) is 1. The first-order chi connectivity index (χ1) is 11.4. The minimum absolute atomic E-state index is 0.160. The summed E-state index contributed by atoms with van der Waals surface area (Å²) in [6.07, 6.45) is 0.877. The van der Waals surface area contributed by atoms with Crippen molar-refractivity contribution in [3.8, 4) is 16.2 Å². The normalized spacial score (nSPS) is 13.3. The first kappa shape index (κ1) is 16.7. The lowest BCUT2D eigenvalue weighted by molar-refractivity contribution is 0.0958. The van der Waals surface area contributed by atoms with Crippen molar-refractivity contribution < 1.29 is 9.53 Å². The number of amides is 1. The van der Waals surface area contributed by atoms with Crippen molar-refractivity contribution in [3.05, 3.63) is 40.3 Å². The Bertz CT molecular complexity index is 806. The highest BCUT2D eigenvalue weighted by molar-refractivity contribution is 7.17. The van der Waals surface area contributed by atoms with Crippen LogP contribution in [0.25, 0.3) is 10.4 Å². The molecule has 0 atom stereocenters. The van der Waals surface area contributed by atoms with Crippen molar-refractivity contribution >= 4 is 23.0 Å². The van der Waals surface area contributed by atoms with Gasteiger partial charge in [0.1, 0.15) is 12.4 Å². The van der Waals surface area contributed by atoms with E-state index in [1.54, 1.807) is 0 Å². The Morgan fingerprint density at radius 2 is 2.17 bits per heavy atom. The maximum absolute atomic E-state index is 12.4. The molecular formula is C19H22N2O2S.